The normalized spacial score (nSPS) is 22.8. The molecular formula is C15H19F2NO2. The number of hydrogen-bond donors (Lipinski definition) is 1. The zero-order valence-electron chi connectivity index (χ0n) is 11.4. The summed E-state index contributed by atoms with van der Waals surface area (Å²) in [5.41, 5.74) is 0.229. The van der Waals surface area contributed by atoms with Crippen LogP contribution >= 0.6 is 0 Å². The molecule has 0 radical (unpaired) electrons. The summed E-state index contributed by atoms with van der Waals surface area (Å²) in [6.07, 6.45) is 2.35. The highest BCUT2D eigenvalue weighted by atomic mass is 19.3. The number of piperidine rings is 1. The number of ketones is 1. The minimum Gasteiger partial charge on any atom is -0.434 e. The second-order valence-electron chi connectivity index (χ2n) is 5.28. The highest BCUT2D eigenvalue weighted by molar-refractivity contribution is 5.99. The van der Waals surface area contributed by atoms with Crippen molar-refractivity contribution in [2.24, 2.45) is 5.92 Å². The van der Waals surface area contributed by atoms with E-state index >= 15 is 0 Å². The summed E-state index contributed by atoms with van der Waals surface area (Å²) in [4.78, 5) is 12.3. The maximum Gasteiger partial charge on any atom is 0.387 e. The lowest BCUT2D eigenvalue weighted by Gasteiger charge is -2.27. The van der Waals surface area contributed by atoms with Crippen LogP contribution in [0.3, 0.4) is 0 Å². The van der Waals surface area contributed by atoms with Crippen molar-refractivity contribution in [1.29, 1.82) is 0 Å². The van der Waals surface area contributed by atoms with E-state index in [-0.39, 0.29) is 23.1 Å². The van der Waals surface area contributed by atoms with Gasteiger partial charge in [0.1, 0.15) is 5.75 Å². The van der Waals surface area contributed by atoms with Crippen LogP contribution in [-0.2, 0) is 0 Å². The molecule has 0 aliphatic carbocycles. The Kier molecular flexibility index (Phi) is 5.06. The average Bonchev–Trinajstić information content (AvgIpc) is 2.38. The second-order valence-corrected chi connectivity index (χ2v) is 5.28. The molecule has 5 heteroatoms. The molecule has 0 amide bonds. The van der Waals surface area contributed by atoms with Crippen molar-refractivity contribution in [2.45, 2.75) is 38.8 Å². The highest BCUT2D eigenvalue weighted by Gasteiger charge is 2.23. The van der Waals surface area contributed by atoms with Crippen molar-refractivity contribution in [3.05, 3.63) is 29.8 Å². The Hall–Kier alpha value is -1.49. The van der Waals surface area contributed by atoms with E-state index in [0.717, 1.165) is 19.4 Å². The number of rotatable bonds is 5. The molecule has 1 saturated heterocycles. The van der Waals surface area contributed by atoms with E-state index in [0.29, 0.717) is 12.3 Å². The van der Waals surface area contributed by atoms with Gasteiger partial charge in [-0.1, -0.05) is 19.1 Å². The summed E-state index contributed by atoms with van der Waals surface area (Å²) >= 11 is 0. The summed E-state index contributed by atoms with van der Waals surface area (Å²) in [5, 5.41) is 3.30. The SMILES string of the molecule is CC1CCNC(CC(=O)c2ccccc2OC(F)F)C1. The first kappa shape index (κ1) is 14.9. The summed E-state index contributed by atoms with van der Waals surface area (Å²) in [7, 11) is 0. The van der Waals surface area contributed by atoms with E-state index in [1.807, 2.05) is 0 Å². The molecule has 2 rings (SSSR count). The number of benzene rings is 1. The fourth-order valence-corrected chi connectivity index (χ4v) is 2.61. The zero-order valence-corrected chi connectivity index (χ0v) is 11.4. The van der Waals surface area contributed by atoms with Crippen LogP contribution in [0.2, 0.25) is 0 Å². The Bertz CT molecular complexity index is 465. The van der Waals surface area contributed by atoms with Crippen LogP contribution < -0.4 is 10.1 Å². The number of alkyl halides is 2. The summed E-state index contributed by atoms with van der Waals surface area (Å²) < 4.78 is 29.1. The molecule has 1 aliphatic heterocycles. The van der Waals surface area contributed by atoms with Crippen LogP contribution in [0.25, 0.3) is 0 Å². The minimum atomic E-state index is -2.92. The maximum absolute atomic E-state index is 12.3. The van der Waals surface area contributed by atoms with E-state index < -0.39 is 6.61 Å². The molecule has 3 nitrogen and oxygen atoms in total. The van der Waals surface area contributed by atoms with Crippen LogP contribution in [0.5, 0.6) is 5.75 Å². The number of para-hydroxylation sites is 1. The lowest BCUT2D eigenvalue weighted by molar-refractivity contribution is -0.0501. The molecule has 0 bridgehead atoms. The Morgan fingerprint density at radius 2 is 2.20 bits per heavy atom. The van der Waals surface area contributed by atoms with Gasteiger partial charge in [-0.15, -0.1) is 0 Å². The van der Waals surface area contributed by atoms with Crippen molar-refractivity contribution in [2.75, 3.05) is 6.54 Å². The lowest BCUT2D eigenvalue weighted by Crippen LogP contribution is -2.38. The molecule has 2 unspecified atom stereocenters. The topological polar surface area (TPSA) is 38.3 Å². The highest BCUT2D eigenvalue weighted by Crippen LogP contribution is 2.24. The second kappa shape index (κ2) is 6.79. The molecule has 1 aliphatic rings. The molecule has 0 saturated carbocycles. The van der Waals surface area contributed by atoms with Gasteiger partial charge in [-0.2, -0.15) is 8.78 Å². The summed E-state index contributed by atoms with van der Waals surface area (Å²) in [6.45, 7) is 0.136. The molecule has 110 valence electrons. The van der Waals surface area contributed by atoms with Gasteiger partial charge in [0, 0.05) is 12.5 Å². The van der Waals surface area contributed by atoms with Gasteiger partial charge in [-0.05, 0) is 37.4 Å². The molecule has 2 atom stereocenters. The van der Waals surface area contributed by atoms with Crippen molar-refractivity contribution in [3.63, 3.8) is 0 Å². The van der Waals surface area contributed by atoms with E-state index in [1.54, 1.807) is 12.1 Å². The first-order chi connectivity index (χ1) is 9.56. The third-order valence-electron chi connectivity index (χ3n) is 3.59. The van der Waals surface area contributed by atoms with E-state index in [4.69, 9.17) is 0 Å². The summed E-state index contributed by atoms with van der Waals surface area (Å²) in [5.74, 6) is 0.380. The molecule has 0 aromatic heterocycles. The predicted octanol–water partition coefficient (Wildman–Crippen LogP) is 3.25. The Morgan fingerprint density at radius 1 is 1.45 bits per heavy atom. The standard InChI is InChI=1S/C15H19F2NO2/c1-10-6-7-18-11(8-10)9-13(19)12-4-2-3-5-14(12)20-15(16)17/h2-5,10-11,15,18H,6-9H2,1H3. The summed E-state index contributed by atoms with van der Waals surface area (Å²) in [6, 6.07) is 6.28. The maximum atomic E-state index is 12.3. The average molecular weight is 283 g/mol. The molecule has 0 spiro atoms. The number of halogens is 2. The molecule has 1 fully saturated rings. The zero-order chi connectivity index (χ0) is 14.5. The fourth-order valence-electron chi connectivity index (χ4n) is 2.61. The van der Waals surface area contributed by atoms with Crippen molar-refractivity contribution in [3.8, 4) is 5.75 Å². The molecular weight excluding hydrogens is 264 g/mol. The predicted molar refractivity (Wildman–Crippen MR) is 72.2 cm³/mol. The van der Waals surface area contributed by atoms with Gasteiger partial charge in [0.05, 0.1) is 5.56 Å². The monoisotopic (exact) mass is 283 g/mol. The van der Waals surface area contributed by atoms with E-state index in [9.17, 15) is 13.6 Å². The number of carbonyl (C=O) groups is 1. The quantitative estimate of drug-likeness (QED) is 0.843. The lowest BCUT2D eigenvalue weighted by atomic mass is 9.90. The third kappa shape index (κ3) is 4.00. The van der Waals surface area contributed by atoms with Crippen molar-refractivity contribution < 1.29 is 18.3 Å². The van der Waals surface area contributed by atoms with Gasteiger partial charge >= 0.3 is 6.61 Å². The third-order valence-corrected chi connectivity index (χ3v) is 3.59. The first-order valence-electron chi connectivity index (χ1n) is 6.86. The van der Waals surface area contributed by atoms with E-state index in [1.165, 1.54) is 12.1 Å². The minimum absolute atomic E-state index is 0.0450. The van der Waals surface area contributed by atoms with Gasteiger partial charge in [0.25, 0.3) is 0 Å². The fraction of sp³-hybridized carbons (Fsp3) is 0.533. The number of Topliss-reactive ketones (excluding diaryl/α,β-unsaturated/α-hetero) is 1. The molecule has 1 N–H and O–H groups in total. The smallest absolute Gasteiger partial charge is 0.387 e. The van der Waals surface area contributed by atoms with Gasteiger partial charge in [0.15, 0.2) is 5.78 Å². The van der Waals surface area contributed by atoms with Gasteiger partial charge in [-0.3, -0.25) is 4.79 Å². The van der Waals surface area contributed by atoms with Crippen molar-refractivity contribution in [1.82, 2.24) is 5.32 Å². The molecule has 1 aromatic carbocycles. The Morgan fingerprint density at radius 3 is 2.90 bits per heavy atom. The van der Waals surface area contributed by atoms with Crippen LogP contribution in [0, 0.1) is 5.92 Å². The number of ether oxygens (including phenoxy) is 1. The van der Waals surface area contributed by atoms with Crippen LogP contribution in [0.1, 0.15) is 36.5 Å². The van der Waals surface area contributed by atoms with Crippen LogP contribution in [0.15, 0.2) is 24.3 Å². The van der Waals surface area contributed by atoms with E-state index in [2.05, 4.69) is 17.0 Å². The van der Waals surface area contributed by atoms with Gasteiger partial charge in [0.2, 0.25) is 0 Å². The number of hydrogen-bond acceptors (Lipinski definition) is 3. The Balaban J connectivity index is 2.05. The molecule has 1 heterocycles. The molecule has 1 aromatic rings. The Labute approximate surface area is 117 Å². The first-order valence-corrected chi connectivity index (χ1v) is 6.86. The van der Waals surface area contributed by atoms with Crippen LogP contribution in [-0.4, -0.2) is 25.0 Å². The number of carbonyl (C=O) groups excluding carboxylic acids is 1. The van der Waals surface area contributed by atoms with Gasteiger partial charge < -0.3 is 10.1 Å². The van der Waals surface area contributed by atoms with Crippen molar-refractivity contribution >= 4 is 5.78 Å². The van der Waals surface area contributed by atoms with Gasteiger partial charge in [-0.25, -0.2) is 0 Å². The number of nitrogens with one attached hydrogen (secondary N) is 1. The van der Waals surface area contributed by atoms with Crippen LogP contribution in [0.4, 0.5) is 8.78 Å². The molecule has 20 heavy (non-hydrogen) atoms. The largest absolute Gasteiger partial charge is 0.434 e.